The molecule has 0 aliphatic carbocycles. The van der Waals surface area contributed by atoms with Gasteiger partial charge in [-0.3, -0.25) is 0 Å². The Morgan fingerprint density at radius 3 is 2.81 bits per heavy atom. The van der Waals surface area contributed by atoms with E-state index in [9.17, 15) is 0 Å². The third-order valence-corrected chi connectivity index (χ3v) is 4.12. The molecular weight excluding hydrogens is 204 g/mol. The first-order valence-corrected chi connectivity index (χ1v) is 6.26. The molecule has 94 valence electrons. The summed E-state index contributed by atoms with van der Waals surface area (Å²) in [5.41, 5.74) is 6.15. The van der Waals surface area contributed by atoms with E-state index in [-0.39, 0.29) is 11.5 Å². The zero-order valence-electron chi connectivity index (χ0n) is 10.4. The van der Waals surface area contributed by atoms with E-state index >= 15 is 0 Å². The Kier molecular flexibility index (Phi) is 3.85. The van der Waals surface area contributed by atoms with Gasteiger partial charge in [0.1, 0.15) is 0 Å². The Labute approximate surface area is 97.9 Å². The van der Waals surface area contributed by atoms with Crippen LogP contribution in [0.2, 0.25) is 0 Å². The van der Waals surface area contributed by atoms with Crippen molar-refractivity contribution in [3.05, 3.63) is 0 Å². The lowest BCUT2D eigenvalue weighted by Gasteiger charge is -2.30. The number of rotatable bonds is 4. The van der Waals surface area contributed by atoms with Gasteiger partial charge in [-0.1, -0.05) is 6.92 Å². The lowest BCUT2D eigenvalue weighted by molar-refractivity contribution is 0.151. The van der Waals surface area contributed by atoms with Gasteiger partial charge in [-0.15, -0.1) is 0 Å². The third-order valence-electron chi connectivity index (χ3n) is 4.12. The van der Waals surface area contributed by atoms with E-state index in [1.165, 1.54) is 6.42 Å². The monoisotopic (exact) mass is 228 g/mol. The van der Waals surface area contributed by atoms with Crippen LogP contribution in [-0.4, -0.2) is 45.1 Å². The van der Waals surface area contributed by atoms with Crippen molar-refractivity contribution in [3.8, 4) is 0 Å². The van der Waals surface area contributed by atoms with Gasteiger partial charge < -0.3 is 20.5 Å². The molecule has 4 unspecified atom stereocenters. The minimum Gasteiger partial charge on any atom is -0.381 e. The molecule has 0 aromatic carbocycles. The Morgan fingerprint density at radius 2 is 2.25 bits per heavy atom. The molecule has 0 aromatic rings. The Hall–Kier alpha value is -0.160. The Bertz CT molecular complexity index is 231. The number of hydrogen-bond acceptors (Lipinski definition) is 4. The summed E-state index contributed by atoms with van der Waals surface area (Å²) in [6.45, 7) is 8.66. The van der Waals surface area contributed by atoms with E-state index in [1.54, 1.807) is 0 Å². The van der Waals surface area contributed by atoms with Crippen LogP contribution in [0.3, 0.4) is 0 Å². The summed E-state index contributed by atoms with van der Waals surface area (Å²) >= 11 is 0. The fourth-order valence-corrected chi connectivity index (χ4v) is 2.42. The number of nitrogens with one attached hydrogen (secondary N) is 1. The first-order valence-electron chi connectivity index (χ1n) is 6.26. The van der Waals surface area contributed by atoms with Crippen LogP contribution in [0.15, 0.2) is 0 Å². The van der Waals surface area contributed by atoms with Gasteiger partial charge in [-0.25, -0.2) is 0 Å². The van der Waals surface area contributed by atoms with Crippen LogP contribution in [0, 0.1) is 11.3 Å². The summed E-state index contributed by atoms with van der Waals surface area (Å²) in [5, 5.41) is 3.60. The van der Waals surface area contributed by atoms with E-state index < -0.39 is 0 Å². The molecule has 4 atom stereocenters. The van der Waals surface area contributed by atoms with Gasteiger partial charge in [0.25, 0.3) is 0 Å². The van der Waals surface area contributed by atoms with Crippen molar-refractivity contribution >= 4 is 0 Å². The maximum absolute atomic E-state index is 6.06. The van der Waals surface area contributed by atoms with Crippen LogP contribution in [0.5, 0.6) is 0 Å². The van der Waals surface area contributed by atoms with Crippen LogP contribution in [0.1, 0.15) is 20.3 Å². The highest BCUT2D eigenvalue weighted by Gasteiger charge is 2.38. The lowest BCUT2D eigenvalue weighted by atomic mass is 9.85. The van der Waals surface area contributed by atoms with Crippen molar-refractivity contribution in [2.45, 2.75) is 32.4 Å². The van der Waals surface area contributed by atoms with Gasteiger partial charge in [0.2, 0.25) is 0 Å². The molecule has 0 saturated carbocycles. The standard InChI is InChI=1S/C12H24N2O2/c1-9(10-3-4-15-5-10)14-7-12(2)8-16-6-11(12)13/h9-11,14H,3-8,13H2,1-2H3. The summed E-state index contributed by atoms with van der Waals surface area (Å²) < 4.78 is 10.8. The normalized spacial score (nSPS) is 41.4. The average molecular weight is 228 g/mol. The maximum Gasteiger partial charge on any atom is 0.0624 e. The van der Waals surface area contributed by atoms with Crippen molar-refractivity contribution in [3.63, 3.8) is 0 Å². The summed E-state index contributed by atoms with van der Waals surface area (Å²) in [6.07, 6.45) is 1.17. The molecule has 0 amide bonds. The van der Waals surface area contributed by atoms with Crippen LogP contribution >= 0.6 is 0 Å². The zero-order chi connectivity index (χ0) is 11.6. The van der Waals surface area contributed by atoms with Crippen molar-refractivity contribution in [2.75, 3.05) is 33.0 Å². The molecule has 2 aliphatic heterocycles. The molecule has 3 N–H and O–H groups in total. The predicted molar refractivity (Wildman–Crippen MR) is 63.3 cm³/mol. The van der Waals surface area contributed by atoms with Gasteiger partial charge in [0.15, 0.2) is 0 Å². The van der Waals surface area contributed by atoms with E-state index in [0.29, 0.717) is 18.6 Å². The zero-order valence-corrected chi connectivity index (χ0v) is 10.4. The fourth-order valence-electron chi connectivity index (χ4n) is 2.42. The predicted octanol–water partition coefficient (Wildman–Crippen LogP) is 0.365. The molecule has 0 bridgehead atoms. The van der Waals surface area contributed by atoms with E-state index in [4.69, 9.17) is 15.2 Å². The molecule has 2 aliphatic rings. The summed E-state index contributed by atoms with van der Waals surface area (Å²) in [5.74, 6) is 0.655. The second kappa shape index (κ2) is 5.00. The molecule has 2 saturated heterocycles. The van der Waals surface area contributed by atoms with Crippen LogP contribution < -0.4 is 11.1 Å². The van der Waals surface area contributed by atoms with Crippen LogP contribution in [-0.2, 0) is 9.47 Å². The molecule has 2 heterocycles. The lowest BCUT2D eigenvalue weighted by Crippen LogP contribution is -2.48. The molecule has 2 rings (SSSR count). The fraction of sp³-hybridized carbons (Fsp3) is 1.00. The summed E-state index contributed by atoms with van der Waals surface area (Å²) in [4.78, 5) is 0. The second-order valence-corrected chi connectivity index (χ2v) is 5.57. The Morgan fingerprint density at radius 1 is 1.44 bits per heavy atom. The van der Waals surface area contributed by atoms with Crippen molar-refractivity contribution in [1.82, 2.24) is 5.32 Å². The number of ether oxygens (including phenoxy) is 2. The second-order valence-electron chi connectivity index (χ2n) is 5.57. The summed E-state index contributed by atoms with van der Waals surface area (Å²) in [7, 11) is 0. The van der Waals surface area contributed by atoms with Crippen molar-refractivity contribution < 1.29 is 9.47 Å². The van der Waals surface area contributed by atoms with Crippen LogP contribution in [0.25, 0.3) is 0 Å². The molecule has 2 fully saturated rings. The minimum atomic E-state index is 0.0910. The molecule has 4 heteroatoms. The van der Waals surface area contributed by atoms with E-state index in [2.05, 4.69) is 19.2 Å². The van der Waals surface area contributed by atoms with Gasteiger partial charge in [0.05, 0.1) is 19.8 Å². The topological polar surface area (TPSA) is 56.5 Å². The third kappa shape index (κ3) is 2.56. The van der Waals surface area contributed by atoms with E-state index in [0.717, 1.165) is 26.4 Å². The number of hydrogen-bond donors (Lipinski definition) is 2. The molecule has 16 heavy (non-hydrogen) atoms. The first-order chi connectivity index (χ1) is 7.62. The first kappa shape index (κ1) is 12.3. The largest absolute Gasteiger partial charge is 0.381 e. The van der Waals surface area contributed by atoms with Gasteiger partial charge >= 0.3 is 0 Å². The molecule has 0 radical (unpaired) electrons. The minimum absolute atomic E-state index is 0.0910. The highest BCUT2D eigenvalue weighted by Crippen LogP contribution is 2.26. The van der Waals surface area contributed by atoms with Crippen molar-refractivity contribution in [2.24, 2.45) is 17.1 Å². The molecule has 0 spiro atoms. The highest BCUT2D eigenvalue weighted by molar-refractivity contribution is 4.92. The highest BCUT2D eigenvalue weighted by atomic mass is 16.5. The Balaban J connectivity index is 1.77. The molecule has 0 aromatic heterocycles. The van der Waals surface area contributed by atoms with Gasteiger partial charge in [-0.2, -0.15) is 0 Å². The molecule has 4 nitrogen and oxygen atoms in total. The maximum atomic E-state index is 6.06. The number of nitrogens with two attached hydrogens (primary N) is 1. The smallest absolute Gasteiger partial charge is 0.0624 e. The quantitative estimate of drug-likeness (QED) is 0.730. The average Bonchev–Trinajstić information content (AvgIpc) is 2.87. The van der Waals surface area contributed by atoms with Crippen LogP contribution in [0.4, 0.5) is 0 Å². The van der Waals surface area contributed by atoms with Crippen molar-refractivity contribution in [1.29, 1.82) is 0 Å². The van der Waals surface area contributed by atoms with Gasteiger partial charge in [0, 0.05) is 30.7 Å². The molecular formula is C12H24N2O2. The van der Waals surface area contributed by atoms with Gasteiger partial charge in [-0.05, 0) is 19.3 Å². The SMILES string of the molecule is CC(NCC1(C)COCC1N)C1CCOC1. The summed E-state index contributed by atoms with van der Waals surface area (Å²) in [6, 6.07) is 0.666. The van der Waals surface area contributed by atoms with E-state index in [1.807, 2.05) is 0 Å².